The first-order valence-electron chi connectivity index (χ1n) is 20.3. The number of fused-ring (bicyclic) bond motifs is 1. The molecule has 0 aromatic heterocycles. The Labute approximate surface area is 343 Å². The quantitative estimate of drug-likeness (QED) is 0.126. The fourth-order valence-corrected chi connectivity index (χ4v) is 8.16. The first-order valence-corrected chi connectivity index (χ1v) is 20.3. The van der Waals surface area contributed by atoms with Crippen LogP contribution in [0.15, 0.2) is 194 Å². The minimum absolute atomic E-state index is 0.807. The molecule has 1 N–H and O–H groups in total. The third-order valence-corrected chi connectivity index (χ3v) is 11.3. The molecule has 8 rings (SSSR count). The lowest BCUT2D eigenvalue weighted by Gasteiger charge is -2.25. The van der Waals surface area contributed by atoms with E-state index in [1.807, 2.05) is 19.2 Å². The topological polar surface area (TPSA) is 27.6 Å². The Morgan fingerprint density at radius 3 is 1.66 bits per heavy atom. The minimum Gasteiger partial charge on any atom is -0.386 e. The van der Waals surface area contributed by atoms with Crippen LogP contribution < -0.4 is 10.2 Å². The van der Waals surface area contributed by atoms with Crippen LogP contribution in [0.4, 0.5) is 17.1 Å². The van der Waals surface area contributed by atoms with Crippen LogP contribution in [0.1, 0.15) is 37.0 Å². The highest BCUT2D eigenvalue weighted by molar-refractivity contribution is 6.10. The van der Waals surface area contributed by atoms with Crippen molar-refractivity contribution in [1.82, 2.24) is 0 Å². The van der Waals surface area contributed by atoms with Crippen LogP contribution in [-0.2, 0) is 6.42 Å². The number of rotatable bonds is 12. The number of benzene rings is 8. The lowest BCUT2D eigenvalue weighted by molar-refractivity contribution is 1.10. The van der Waals surface area contributed by atoms with Crippen molar-refractivity contribution in [2.24, 2.45) is 4.99 Å². The first-order chi connectivity index (χ1) is 28.5. The van der Waals surface area contributed by atoms with E-state index in [2.05, 4.69) is 208 Å². The van der Waals surface area contributed by atoms with Gasteiger partial charge in [-0.3, -0.25) is 4.99 Å². The molecule has 58 heavy (non-hydrogen) atoms. The van der Waals surface area contributed by atoms with Gasteiger partial charge >= 0.3 is 0 Å². The number of hydrogen-bond acceptors (Lipinski definition) is 3. The number of para-hydroxylation sites is 3. The number of aliphatic imine (C=N–C) groups is 1. The van der Waals surface area contributed by atoms with Crippen LogP contribution in [0.25, 0.3) is 61.0 Å². The Hall–Kier alpha value is -6.97. The van der Waals surface area contributed by atoms with Gasteiger partial charge in [-0.25, -0.2) is 0 Å². The summed E-state index contributed by atoms with van der Waals surface area (Å²) >= 11 is 0. The number of nitrogens with zero attached hydrogens (tertiary/aromatic N) is 2. The van der Waals surface area contributed by atoms with Crippen LogP contribution in [-0.4, -0.2) is 19.8 Å². The van der Waals surface area contributed by atoms with E-state index >= 15 is 0 Å². The number of nitrogens with one attached hydrogen (secondary N) is 1. The van der Waals surface area contributed by atoms with E-state index in [-0.39, 0.29) is 0 Å². The molecule has 3 nitrogen and oxygen atoms in total. The van der Waals surface area contributed by atoms with Crippen LogP contribution in [0.3, 0.4) is 0 Å². The highest BCUT2D eigenvalue weighted by atomic mass is 15.1. The first kappa shape index (κ1) is 37.9. The molecule has 0 saturated carbocycles. The van der Waals surface area contributed by atoms with Gasteiger partial charge in [0.25, 0.3) is 0 Å². The summed E-state index contributed by atoms with van der Waals surface area (Å²) in [7, 11) is 4.06. The van der Waals surface area contributed by atoms with E-state index in [1.165, 1.54) is 66.5 Å². The van der Waals surface area contributed by atoms with E-state index in [0.29, 0.717) is 0 Å². The third kappa shape index (κ3) is 7.47. The summed E-state index contributed by atoms with van der Waals surface area (Å²) in [6.07, 6.45) is 1.77. The lowest BCUT2D eigenvalue weighted by Crippen LogP contribution is -2.16. The summed E-state index contributed by atoms with van der Waals surface area (Å²) in [5.41, 5.74) is 18.1. The van der Waals surface area contributed by atoms with Gasteiger partial charge in [0, 0.05) is 31.2 Å². The lowest BCUT2D eigenvalue weighted by atomic mass is 9.86. The molecule has 3 heteroatoms. The molecule has 0 aliphatic carbocycles. The number of anilines is 2. The van der Waals surface area contributed by atoms with Crippen molar-refractivity contribution >= 4 is 39.2 Å². The predicted molar refractivity (Wildman–Crippen MR) is 251 cm³/mol. The van der Waals surface area contributed by atoms with Gasteiger partial charge in [-0.15, -0.1) is 0 Å². The van der Waals surface area contributed by atoms with E-state index < -0.39 is 0 Å². The number of aryl methyl sites for hydroxylation is 1. The smallest absolute Gasteiger partial charge is 0.0864 e. The van der Waals surface area contributed by atoms with Crippen molar-refractivity contribution in [2.45, 2.75) is 26.7 Å². The summed E-state index contributed by atoms with van der Waals surface area (Å²) < 4.78 is 0. The zero-order valence-corrected chi connectivity index (χ0v) is 33.8. The van der Waals surface area contributed by atoms with Crippen molar-refractivity contribution in [3.63, 3.8) is 0 Å². The Balaban J connectivity index is 1.27. The molecule has 0 spiro atoms. The SMILES string of the molecule is C=C(c1ccc(-c2cccc3c(-c4ccc(C(CC)=Nc5ccccc5NC)cc4-c4ccccc4)cccc23)c(-c2ccccc2)c1)N(C)c1ccccc1CC. The fraction of sp³-hybridized carbons (Fsp3) is 0.109. The van der Waals surface area contributed by atoms with Crippen LogP contribution in [0, 0.1) is 0 Å². The van der Waals surface area contributed by atoms with Crippen molar-refractivity contribution in [2.75, 3.05) is 24.3 Å². The Kier molecular flexibility index (Phi) is 11.1. The summed E-state index contributed by atoms with van der Waals surface area (Å²) in [5.74, 6) is 0. The number of hydrogen-bond donors (Lipinski definition) is 1. The van der Waals surface area contributed by atoms with Gasteiger partial charge in [0.1, 0.15) is 0 Å². The molecule has 8 aromatic carbocycles. The molecule has 0 heterocycles. The molecule has 0 unspecified atom stereocenters. The second kappa shape index (κ2) is 17.0. The third-order valence-electron chi connectivity index (χ3n) is 11.3. The van der Waals surface area contributed by atoms with Gasteiger partial charge < -0.3 is 10.2 Å². The van der Waals surface area contributed by atoms with Gasteiger partial charge in [-0.1, -0.05) is 172 Å². The molecule has 0 aliphatic rings. The van der Waals surface area contributed by atoms with Crippen molar-refractivity contribution in [3.05, 3.63) is 205 Å². The molecular weight excluding hydrogens is 703 g/mol. The Morgan fingerprint density at radius 1 is 0.534 bits per heavy atom. The van der Waals surface area contributed by atoms with Crippen LogP contribution in [0.2, 0.25) is 0 Å². The van der Waals surface area contributed by atoms with E-state index in [1.54, 1.807) is 0 Å². The molecule has 0 bridgehead atoms. The molecular formula is C55H49N3. The second-order valence-corrected chi connectivity index (χ2v) is 14.6. The largest absolute Gasteiger partial charge is 0.386 e. The van der Waals surface area contributed by atoms with Crippen molar-refractivity contribution in [1.29, 1.82) is 0 Å². The van der Waals surface area contributed by atoms with Gasteiger partial charge in [-0.05, 0) is 115 Å². The molecule has 0 amide bonds. The minimum atomic E-state index is 0.807. The van der Waals surface area contributed by atoms with Crippen LogP contribution in [0.5, 0.6) is 0 Å². The molecule has 284 valence electrons. The van der Waals surface area contributed by atoms with Gasteiger partial charge in [0.2, 0.25) is 0 Å². The van der Waals surface area contributed by atoms with Gasteiger partial charge in [-0.2, -0.15) is 0 Å². The monoisotopic (exact) mass is 751 g/mol. The summed E-state index contributed by atoms with van der Waals surface area (Å²) in [4.78, 5) is 7.40. The molecule has 8 aromatic rings. The maximum absolute atomic E-state index is 5.18. The summed E-state index contributed by atoms with van der Waals surface area (Å²) in [6.45, 7) is 8.99. The van der Waals surface area contributed by atoms with Gasteiger partial charge in [0.05, 0.1) is 11.4 Å². The highest BCUT2D eigenvalue weighted by Crippen LogP contribution is 2.43. The maximum Gasteiger partial charge on any atom is 0.0864 e. The Morgan fingerprint density at radius 2 is 1.07 bits per heavy atom. The zero-order chi connectivity index (χ0) is 40.0. The zero-order valence-electron chi connectivity index (χ0n) is 33.8. The van der Waals surface area contributed by atoms with Crippen molar-refractivity contribution < 1.29 is 0 Å². The van der Waals surface area contributed by atoms with E-state index in [4.69, 9.17) is 4.99 Å². The maximum atomic E-state index is 5.18. The molecule has 0 radical (unpaired) electrons. The molecule has 0 atom stereocenters. The fourth-order valence-electron chi connectivity index (χ4n) is 8.16. The molecule has 0 aliphatic heterocycles. The van der Waals surface area contributed by atoms with Crippen molar-refractivity contribution in [3.8, 4) is 44.5 Å². The van der Waals surface area contributed by atoms with Crippen LogP contribution >= 0.6 is 0 Å². The normalized spacial score (nSPS) is 11.4. The van der Waals surface area contributed by atoms with E-state index in [0.717, 1.165) is 46.8 Å². The average molecular weight is 752 g/mol. The Bertz CT molecular complexity index is 2760. The summed E-state index contributed by atoms with van der Waals surface area (Å²) in [6, 6.07) is 65.4. The van der Waals surface area contributed by atoms with Gasteiger partial charge in [0.15, 0.2) is 0 Å². The highest BCUT2D eigenvalue weighted by Gasteiger charge is 2.19. The summed E-state index contributed by atoms with van der Waals surface area (Å²) in [5, 5.41) is 5.72. The standard InChI is InChI=1S/C55H49N3/c1-6-39-20-14-17-31-55(39)58(5)38(3)42-32-34-48(50(36-42)40-21-10-8-11-22-40)46-27-18-26-45-44(46)25-19-28-47(45)49-35-33-43(37-51(49)41-23-12-9-13-24-41)52(7-2)57-54-30-16-15-29-53(54)56-4/h8-37,56H,3,6-7H2,1-2,4-5H3. The molecule has 0 fully saturated rings. The predicted octanol–water partition coefficient (Wildman–Crippen LogP) is 14.7. The second-order valence-electron chi connectivity index (χ2n) is 14.6. The molecule has 0 saturated heterocycles. The van der Waals surface area contributed by atoms with E-state index in [9.17, 15) is 0 Å². The average Bonchev–Trinajstić information content (AvgIpc) is 3.30.